The van der Waals surface area contributed by atoms with Crippen LogP contribution in [0.5, 0.6) is 0 Å². The van der Waals surface area contributed by atoms with Crippen molar-refractivity contribution in [2.75, 3.05) is 13.1 Å². The molecule has 0 aromatic heterocycles. The number of piperazine rings is 1. The fourth-order valence-corrected chi connectivity index (χ4v) is 3.80. The molecule has 0 radical (unpaired) electrons. The van der Waals surface area contributed by atoms with Gasteiger partial charge in [-0.15, -0.1) is 0 Å². The molecule has 1 saturated heterocycles. The van der Waals surface area contributed by atoms with E-state index in [0.717, 1.165) is 13.1 Å². The van der Waals surface area contributed by atoms with Crippen LogP contribution in [0.25, 0.3) is 0 Å². The van der Waals surface area contributed by atoms with Crippen molar-refractivity contribution in [1.29, 1.82) is 0 Å². The summed E-state index contributed by atoms with van der Waals surface area (Å²) in [6.07, 6.45) is 5.50. The quantitative estimate of drug-likeness (QED) is 0.886. The van der Waals surface area contributed by atoms with Crippen LogP contribution < -0.4 is 5.32 Å². The van der Waals surface area contributed by atoms with Crippen LogP contribution in [0.1, 0.15) is 50.7 Å². The number of benzene rings is 1. The molecule has 0 amide bonds. The molecule has 1 N–H and O–H groups in total. The molecule has 110 valence electrons. The molecule has 0 bridgehead atoms. The first-order valence-corrected chi connectivity index (χ1v) is 8.05. The van der Waals surface area contributed by atoms with Gasteiger partial charge in [0.1, 0.15) is 0 Å². The van der Waals surface area contributed by atoms with Crippen molar-refractivity contribution in [2.24, 2.45) is 0 Å². The summed E-state index contributed by atoms with van der Waals surface area (Å²) in [7, 11) is 0. The number of nitrogens with zero attached hydrogens (tertiary/aromatic N) is 1. The lowest BCUT2D eigenvalue weighted by atomic mass is 9.87. The number of aryl methyl sites for hydroxylation is 1. The minimum absolute atomic E-state index is 0.246. The number of hydrogen-bond acceptors (Lipinski definition) is 2. The van der Waals surface area contributed by atoms with Gasteiger partial charge in [0.05, 0.1) is 0 Å². The first-order valence-electron chi connectivity index (χ1n) is 8.05. The molecular formula is C18H28N2. The molecule has 1 aliphatic heterocycles. The lowest BCUT2D eigenvalue weighted by Gasteiger charge is -2.51. The van der Waals surface area contributed by atoms with Crippen molar-refractivity contribution in [3.05, 3.63) is 35.4 Å². The normalized spacial score (nSPS) is 25.1. The second kappa shape index (κ2) is 5.16. The summed E-state index contributed by atoms with van der Waals surface area (Å²) in [5.74, 6) is 0. The van der Waals surface area contributed by atoms with Gasteiger partial charge in [-0.05, 0) is 44.7 Å². The SMILES string of the molecule is Cc1ccccc1CN1CC2(CCCC2)NCC1(C)C. The monoisotopic (exact) mass is 272 g/mol. The van der Waals surface area contributed by atoms with E-state index in [0.29, 0.717) is 5.54 Å². The Hall–Kier alpha value is -0.860. The first-order chi connectivity index (χ1) is 9.51. The lowest BCUT2D eigenvalue weighted by Crippen LogP contribution is -2.66. The minimum Gasteiger partial charge on any atom is -0.308 e. The second-order valence-corrected chi connectivity index (χ2v) is 7.44. The van der Waals surface area contributed by atoms with Gasteiger partial charge in [-0.2, -0.15) is 0 Å². The van der Waals surface area contributed by atoms with E-state index in [9.17, 15) is 0 Å². The topological polar surface area (TPSA) is 15.3 Å². The lowest BCUT2D eigenvalue weighted by molar-refractivity contribution is 0.0216. The molecule has 2 fully saturated rings. The Kier molecular flexibility index (Phi) is 3.64. The van der Waals surface area contributed by atoms with E-state index < -0.39 is 0 Å². The molecule has 1 aromatic rings. The molecule has 0 unspecified atom stereocenters. The van der Waals surface area contributed by atoms with E-state index in [1.54, 1.807) is 0 Å². The van der Waals surface area contributed by atoms with Crippen molar-refractivity contribution in [1.82, 2.24) is 10.2 Å². The van der Waals surface area contributed by atoms with Gasteiger partial charge in [-0.1, -0.05) is 37.1 Å². The van der Waals surface area contributed by atoms with Gasteiger partial charge < -0.3 is 5.32 Å². The molecule has 1 heterocycles. The molecule has 0 atom stereocenters. The van der Waals surface area contributed by atoms with Crippen LogP contribution in [0.3, 0.4) is 0 Å². The van der Waals surface area contributed by atoms with E-state index in [2.05, 4.69) is 55.3 Å². The third kappa shape index (κ3) is 2.64. The molecule has 2 heteroatoms. The van der Waals surface area contributed by atoms with Crippen LogP contribution in [0.15, 0.2) is 24.3 Å². The Labute approximate surface area is 123 Å². The Bertz CT molecular complexity index is 472. The zero-order chi connectivity index (χ0) is 14.2. The summed E-state index contributed by atoms with van der Waals surface area (Å²) in [5.41, 5.74) is 3.55. The summed E-state index contributed by atoms with van der Waals surface area (Å²) < 4.78 is 0. The Morgan fingerprint density at radius 1 is 1.15 bits per heavy atom. The molecule has 1 saturated carbocycles. The number of rotatable bonds is 2. The molecule has 1 spiro atoms. The average Bonchev–Trinajstić information content (AvgIpc) is 2.86. The molecule has 20 heavy (non-hydrogen) atoms. The third-order valence-corrected chi connectivity index (χ3v) is 5.43. The zero-order valence-corrected chi connectivity index (χ0v) is 13.2. The average molecular weight is 272 g/mol. The maximum Gasteiger partial charge on any atom is 0.0309 e. The van der Waals surface area contributed by atoms with Gasteiger partial charge in [0.2, 0.25) is 0 Å². The van der Waals surface area contributed by atoms with E-state index in [-0.39, 0.29) is 5.54 Å². The molecule has 3 rings (SSSR count). The van der Waals surface area contributed by atoms with Crippen LogP contribution in [0, 0.1) is 6.92 Å². The predicted molar refractivity (Wildman–Crippen MR) is 84.9 cm³/mol. The maximum absolute atomic E-state index is 3.87. The zero-order valence-electron chi connectivity index (χ0n) is 13.2. The van der Waals surface area contributed by atoms with E-state index in [1.165, 1.54) is 43.4 Å². The summed E-state index contributed by atoms with van der Waals surface area (Å²) in [6, 6.07) is 8.83. The Morgan fingerprint density at radius 3 is 2.55 bits per heavy atom. The Morgan fingerprint density at radius 2 is 1.85 bits per heavy atom. The fraction of sp³-hybridized carbons (Fsp3) is 0.667. The summed E-state index contributed by atoms with van der Waals surface area (Å²) in [6.45, 7) is 10.4. The first kappa shape index (κ1) is 14.1. The summed E-state index contributed by atoms with van der Waals surface area (Å²) in [5, 5.41) is 3.87. The molecule has 2 aliphatic rings. The van der Waals surface area contributed by atoms with Crippen LogP contribution in [0.4, 0.5) is 0 Å². The molecule has 1 aromatic carbocycles. The van der Waals surface area contributed by atoms with Gasteiger partial charge in [-0.25, -0.2) is 0 Å². The summed E-state index contributed by atoms with van der Waals surface area (Å²) >= 11 is 0. The maximum atomic E-state index is 3.87. The Balaban J connectivity index is 1.80. The highest BCUT2D eigenvalue weighted by Gasteiger charge is 2.43. The van der Waals surface area contributed by atoms with Gasteiger partial charge in [0, 0.05) is 30.7 Å². The van der Waals surface area contributed by atoms with Gasteiger partial charge >= 0.3 is 0 Å². The third-order valence-electron chi connectivity index (χ3n) is 5.43. The molecule has 2 nitrogen and oxygen atoms in total. The fourth-order valence-electron chi connectivity index (χ4n) is 3.80. The van der Waals surface area contributed by atoms with Crippen molar-refractivity contribution < 1.29 is 0 Å². The van der Waals surface area contributed by atoms with Crippen LogP contribution in [0.2, 0.25) is 0 Å². The second-order valence-electron chi connectivity index (χ2n) is 7.44. The molecule has 1 aliphatic carbocycles. The number of nitrogens with one attached hydrogen (secondary N) is 1. The largest absolute Gasteiger partial charge is 0.308 e. The van der Waals surface area contributed by atoms with Crippen LogP contribution in [-0.2, 0) is 6.54 Å². The highest BCUT2D eigenvalue weighted by molar-refractivity contribution is 5.26. The standard InChI is InChI=1S/C18H28N2/c1-15-8-4-5-9-16(15)12-20-14-18(10-6-7-11-18)19-13-17(20,2)3/h4-5,8-9,19H,6-7,10-14H2,1-3H3. The predicted octanol–water partition coefficient (Wildman–Crippen LogP) is 3.49. The highest BCUT2D eigenvalue weighted by Crippen LogP contribution is 2.36. The van der Waals surface area contributed by atoms with E-state index >= 15 is 0 Å². The number of hydrogen-bond donors (Lipinski definition) is 1. The van der Waals surface area contributed by atoms with Gasteiger partial charge in [0.25, 0.3) is 0 Å². The molecular weight excluding hydrogens is 244 g/mol. The van der Waals surface area contributed by atoms with Crippen LogP contribution in [-0.4, -0.2) is 29.1 Å². The van der Waals surface area contributed by atoms with Crippen LogP contribution >= 0.6 is 0 Å². The van der Waals surface area contributed by atoms with Crippen molar-refractivity contribution in [3.8, 4) is 0 Å². The van der Waals surface area contributed by atoms with Crippen molar-refractivity contribution >= 4 is 0 Å². The summed E-state index contributed by atoms with van der Waals surface area (Å²) in [4.78, 5) is 2.71. The minimum atomic E-state index is 0.246. The van der Waals surface area contributed by atoms with E-state index in [4.69, 9.17) is 0 Å². The van der Waals surface area contributed by atoms with Gasteiger partial charge in [0.15, 0.2) is 0 Å². The van der Waals surface area contributed by atoms with Crippen molar-refractivity contribution in [2.45, 2.75) is 64.1 Å². The highest BCUT2D eigenvalue weighted by atomic mass is 15.3. The van der Waals surface area contributed by atoms with Gasteiger partial charge in [-0.3, -0.25) is 4.90 Å². The van der Waals surface area contributed by atoms with E-state index in [1.807, 2.05) is 0 Å². The van der Waals surface area contributed by atoms with Crippen molar-refractivity contribution in [3.63, 3.8) is 0 Å². The smallest absolute Gasteiger partial charge is 0.0309 e.